The molecule has 1 aliphatic heterocycles. The van der Waals surface area contributed by atoms with Gasteiger partial charge < -0.3 is 10.1 Å². The number of halogens is 3. The SMILES string of the molecule is C[C@@H](Oc1cc(-c2ccc(C(F)(F)F)nc2)cc2ncccc12)C1CNC(=O)C1. The minimum atomic E-state index is -4.49. The standard InChI is InChI=1S/C21H18F3N3O2/c1-12(15-9-20(28)27-11-15)29-18-8-14(7-17-16(18)3-2-6-25-17)13-4-5-19(26-10-13)21(22,23)24/h2-8,10,12,15H,9,11H2,1H3,(H,27,28)/t12-,15?/m1/s1. The molecule has 0 bridgehead atoms. The first kappa shape index (κ1) is 19.2. The number of nitrogens with zero attached hydrogens (tertiary/aromatic N) is 2. The van der Waals surface area contributed by atoms with Gasteiger partial charge in [-0.1, -0.05) is 6.07 Å². The molecule has 1 aliphatic rings. The highest BCUT2D eigenvalue weighted by Crippen LogP contribution is 2.34. The van der Waals surface area contributed by atoms with Crippen LogP contribution in [0.15, 0.2) is 48.8 Å². The molecule has 150 valence electrons. The average Bonchev–Trinajstić information content (AvgIpc) is 3.14. The molecule has 1 fully saturated rings. The zero-order valence-corrected chi connectivity index (χ0v) is 15.5. The van der Waals surface area contributed by atoms with Crippen LogP contribution in [0.3, 0.4) is 0 Å². The first-order valence-corrected chi connectivity index (χ1v) is 9.17. The van der Waals surface area contributed by atoms with Crippen molar-refractivity contribution in [2.24, 2.45) is 5.92 Å². The summed E-state index contributed by atoms with van der Waals surface area (Å²) < 4.78 is 44.5. The number of alkyl halides is 3. The van der Waals surface area contributed by atoms with Gasteiger partial charge in [-0.2, -0.15) is 13.2 Å². The van der Waals surface area contributed by atoms with Crippen LogP contribution in [0.1, 0.15) is 19.0 Å². The fraction of sp³-hybridized carbons (Fsp3) is 0.286. The molecular weight excluding hydrogens is 383 g/mol. The van der Waals surface area contributed by atoms with Crippen molar-refractivity contribution in [3.05, 3.63) is 54.5 Å². The maximum Gasteiger partial charge on any atom is 0.433 e. The molecule has 2 atom stereocenters. The number of nitrogens with one attached hydrogen (secondary N) is 1. The van der Waals surface area contributed by atoms with E-state index in [1.807, 2.05) is 13.0 Å². The van der Waals surface area contributed by atoms with Crippen molar-refractivity contribution in [1.29, 1.82) is 0 Å². The summed E-state index contributed by atoms with van der Waals surface area (Å²) in [6.45, 7) is 2.46. The maximum atomic E-state index is 12.8. The van der Waals surface area contributed by atoms with E-state index < -0.39 is 11.9 Å². The Morgan fingerprint density at radius 1 is 1.17 bits per heavy atom. The zero-order chi connectivity index (χ0) is 20.6. The third-order valence-corrected chi connectivity index (χ3v) is 5.06. The molecule has 4 rings (SSSR count). The third kappa shape index (κ3) is 4.01. The van der Waals surface area contributed by atoms with Crippen LogP contribution in [0.4, 0.5) is 13.2 Å². The zero-order valence-electron chi connectivity index (χ0n) is 15.5. The fourth-order valence-corrected chi connectivity index (χ4v) is 3.40. The van der Waals surface area contributed by atoms with Crippen molar-refractivity contribution < 1.29 is 22.7 Å². The second kappa shape index (κ2) is 7.35. The highest BCUT2D eigenvalue weighted by molar-refractivity contribution is 5.90. The molecule has 1 unspecified atom stereocenters. The number of pyridine rings is 2. The van der Waals surface area contributed by atoms with Crippen molar-refractivity contribution in [3.8, 4) is 16.9 Å². The summed E-state index contributed by atoms with van der Waals surface area (Å²) >= 11 is 0. The Hall–Kier alpha value is -3.16. The molecule has 1 saturated heterocycles. The van der Waals surface area contributed by atoms with Gasteiger partial charge in [-0.05, 0) is 42.8 Å². The van der Waals surface area contributed by atoms with Crippen LogP contribution < -0.4 is 10.1 Å². The lowest BCUT2D eigenvalue weighted by Crippen LogP contribution is -2.25. The van der Waals surface area contributed by atoms with Gasteiger partial charge in [-0.25, -0.2) is 0 Å². The van der Waals surface area contributed by atoms with E-state index in [0.29, 0.717) is 35.4 Å². The monoisotopic (exact) mass is 401 g/mol. The van der Waals surface area contributed by atoms with Gasteiger partial charge in [0.15, 0.2) is 0 Å². The number of carbonyl (C=O) groups excluding carboxylic acids is 1. The molecule has 1 N–H and O–H groups in total. The van der Waals surface area contributed by atoms with Crippen molar-refractivity contribution in [3.63, 3.8) is 0 Å². The number of amides is 1. The van der Waals surface area contributed by atoms with E-state index in [2.05, 4.69) is 15.3 Å². The van der Waals surface area contributed by atoms with Crippen LogP contribution in [-0.4, -0.2) is 28.5 Å². The fourth-order valence-electron chi connectivity index (χ4n) is 3.40. The van der Waals surface area contributed by atoms with Gasteiger partial charge in [-0.15, -0.1) is 0 Å². The van der Waals surface area contributed by atoms with E-state index in [0.717, 1.165) is 11.5 Å². The van der Waals surface area contributed by atoms with E-state index in [4.69, 9.17) is 4.74 Å². The molecule has 1 amide bonds. The van der Waals surface area contributed by atoms with Gasteiger partial charge in [-0.3, -0.25) is 14.8 Å². The van der Waals surface area contributed by atoms with Crippen LogP contribution in [0, 0.1) is 5.92 Å². The molecule has 1 aromatic carbocycles. The Balaban J connectivity index is 1.70. The molecule has 8 heteroatoms. The minimum Gasteiger partial charge on any atom is -0.490 e. The van der Waals surface area contributed by atoms with Crippen molar-refractivity contribution in [1.82, 2.24) is 15.3 Å². The minimum absolute atomic E-state index is 0.00144. The first-order chi connectivity index (χ1) is 13.8. The Morgan fingerprint density at radius 2 is 2.00 bits per heavy atom. The van der Waals surface area contributed by atoms with Crippen LogP contribution in [0.5, 0.6) is 5.75 Å². The molecule has 2 aromatic heterocycles. The maximum absolute atomic E-state index is 12.8. The lowest BCUT2D eigenvalue weighted by molar-refractivity contribution is -0.141. The molecule has 0 radical (unpaired) electrons. The van der Waals surface area contributed by atoms with Crippen molar-refractivity contribution >= 4 is 16.8 Å². The van der Waals surface area contributed by atoms with Crippen LogP contribution >= 0.6 is 0 Å². The molecular formula is C21H18F3N3O2. The van der Waals surface area contributed by atoms with Gasteiger partial charge in [0.05, 0.1) is 5.52 Å². The number of ether oxygens (including phenoxy) is 1. The van der Waals surface area contributed by atoms with Gasteiger partial charge in [0.25, 0.3) is 0 Å². The Morgan fingerprint density at radius 3 is 2.66 bits per heavy atom. The topological polar surface area (TPSA) is 64.1 Å². The molecule has 3 aromatic rings. The van der Waals surface area contributed by atoms with Crippen molar-refractivity contribution in [2.75, 3.05) is 6.54 Å². The normalized spacial score (nSPS) is 17.9. The van der Waals surface area contributed by atoms with Gasteiger partial charge >= 0.3 is 6.18 Å². The molecule has 0 spiro atoms. The van der Waals surface area contributed by atoms with Crippen LogP contribution in [0.2, 0.25) is 0 Å². The summed E-state index contributed by atoms with van der Waals surface area (Å²) in [6.07, 6.45) is -1.47. The summed E-state index contributed by atoms with van der Waals surface area (Å²) in [5.41, 5.74) is 0.900. The summed E-state index contributed by atoms with van der Waals surface area (Å²) in [5.74, 6) is 0.615. The summed E-state index contributed by atoms with van der Waals surface area (Å²) in [7, 11) is 0. The van der Waals surface area contributed by atoms with E-state index in [1.54, 1.807) is 24.4 Å². The lowest BCUT2D eigenvalue weighted by Gasteiger charge is -2.21. The molecule has 5 nitrogen and oxygen atoms in total. The molecule has 3 heterocycles. The Labute approximate surface area is 164 Å². The average molecular weight is 401 g/mol. The number of hydrogen-bond donors (Lipinski definition) is 1. The highest BCUT2D eigenvalue weighted by Gasteiger charge is 2.32. The first-order valence-electron chi connectivity index (χ1n) is 9.17. The number of benzene rings is 1. The quantitative estimate of drug-likeness (QED) is 0.711. The van der Waals surface area contributed by atoms with Crippen LogP contribution in [0.25, 0.3) is 22.0 Å². The number of carbonyl (C=O) groups is 1. The largest absolute Gasteiger partial charge is 0.490 e. The summed E-state index contributed by atoms with van der Waals surface area (Å²) in [6, 6.07) is 9.56. The highest BCUT2D eigenvalue weighted by atomic mass is 19.4. The second-order valence-corrected chi connectivity index (χ2v) is 7.07. The van der Waals surface area contributed by atoms with E-state index in [9.17, 15) is 18.0 Å². The Bertz CT molecular complexity index is 1050. The van der Waals surface area contributed by atoms with Crippen molar-refractivity contribution in [2.45, 2.75) is 25.6 Å². The molecule has 0 saturated carbocycles. The predicted molar refractivity (Wildman–Crippen MR) is 101 cm³/mol. The third-order valence-electron chi connectivity index (χ3n) is 5.06. The van der Waals surface area contributed by atoms with Gasteiger partial charge in [0.1, 0.15) is 17.5 Å². The van der Waals surface area contributed by atoms with Gasteiger partial charge in [0.2, 0.25) is 5.91 Å². The van der Waals surface area contributed by atoms with E-state index in [-0.39, 0.29) is 17.9 Å². The lowest BCUT2D eigenvalue weighted by atomic mass is 10.0. The summed E-state index contributed by atoms with van der Waals surface area (Å²) in [4.78, 5) is 19.4. The smallest absolute Gasteiger partial charge is 0.433 e. The van der Waals surface area contributed by atoms with E-state index >= 15 is 0 Å². The molecule has 0 aliphatic carbocycles. The summed E-state index contributed by atoms with van der Waals surface area (Å²) in [5, 5.41) is 3.59. The number of hydrogen-bond acceptors (Lipinski definition) is 4. The molecule has 29 heavy (non-hydrogen) atoms. The predicted octanol–water partition coefficient (Wildman–Crippen LogP) is 4.22. The number of aromatic nitrogens is 2. The number of fused-ring (bicyclic) bond motifs is 1. The second-order valence-electron chi connectivity index (χ2n) is 7.07. The van der Waals surface area contributed by atoms with Crippen LogP contribution in [-0.2, 0) is 11.0 Å². The van der Waals surface area contributed by atoms with Gasteiger partial charge in [0, 0.05) is 42.2 Å². The Kier molecular flexibility index (Phi) is 4.86. The number of rotatable bonds is 4. The van der Waals surface area contributed by atoms with E-state index in [1.165, 1.54) is 12.3 Å².